The Morgan fingerprint density at radius 1 is 1.26 bits per heavy atom. The number of benzene rings is 1. The van der Waals surface area contributed by atoms with E-state index in [1.54, 1.807) is 7.11 Å². The van der Waals surface area contributed by atoms with E-state index < -0.39 is 5.91 Å². The molecule has 0 aliphatic rings. The summed E-state index contributed by atoms with van der Waals surface area (Å²) in [6, 6.07) is 3.65. The zero-order valence-corrected chi connectivity index (χ0v) is 18.4. The Kier molecular flexibility index (Phi) is 6.66. The molecule has 2 aromatic heterocycles. The number of fused-ring (bicyclic) bond motifs is 1. The fourth-order valence-corrected chi connectivity index (χ4v) is 3.09. The number of hydrogen-bond donors (Lipinski definition) is 4. The number of amides is 1. The van der Waals surface area contributed by atoms with E-state index in [1.807, 2.05) is 36.9 Å². The zero-order valence-electron chi connectivity index (χ0n) is 18.4. The van der Waals surface area contributed by atoms with Crippen LogP contribution >= 0.6 is 0 Å². The van der Waals surface area contributed by atoms with Crippen LogP contribution < -0.4 is 22.1 Å². The largest absolute Gasteiger partial charge is 0.383 e. The molecule has 6 N–H and O–H groups in total. The Bertz CT molecular complexity index is 1080. The van der Waals surface area contributed by atoms with Crippen LogP contribution in [0.4, 0.5) is 17.5 Å². The average molecular weight is 428 g/mol. The van der Waals surface area contributed by atoms with Gasteiger partial charge in [0.1, 0.15) is 0 Å². The van der Waals surface area contributed by atoms with Crippen molar-refractivity contribution < 1.29 is 9.53 Å². The lowest BCUT2D eigenvalue weighted by atomic mass is 10.1. The molecule has 166 valence electrons. The third-order valence-corrected chi connectivity index (χ3v) is 4.89. The highest BCUT2D eigenvalue weighted by Crippen LogP contribution is 2.26. The summed E-state index contributed by atoms with van der Waals surface area (Å²) in [6.07, 6.45) is 1.98. The van der Waals surface area contributed by atoms with Crippen LogP contribution in [0.25, 0.3) is 10.9 Å². The van der Waals surface area contributed by atoms with Crippen molar-refractivity contribution in [3.63, 3.8) is 0 Å². The highest BCUT2D eigenvalue weighted by atomic mass is 16.5. The molecule has 1 aromatic carbocycles. The van der Waals surface area contributed by atoms with Gasteiger partial charge in [-0.05, 0) is 45.4 Å². The van der Waals surface area contributed by atoms with Gasteiger partial charge in [0, 0.05) is 42.5 Å². The lowest BCUT2D eigenvalue weighted by molar-refractivity contribution is 0.0995. The van der Waals surface area contributed by atoms with Gasteiger partial charge in [0.15, 0.2) is 11.5 Å². The molecule has 11 heteroatoms. The summed E-state index contributed by atoms with van der Waals surface area (Å²) < 4.78 is 6.99. The molecule has 0 saturated heterocycles. The molecule has 0 bridgehead atoms. The van der Waals surface area contributed by atoms with E-state index in [9.17, 15) is 4.79 Å². The average Bonchev–Trinajstić information content (AvgIpc) is 3.13. The number of hydrogen-bond acceptors (Lipinski definition) is 9. The Balaban J connectivity index is 1.92. The Morgan fingerprint density at radius 3 is 2.65 bits per heavy atom. The molecule has 3 aromatic rings. The van der Waals surface area contributed by atoms with Crippen LogP contribution in [0.1, 0.15) is 42.9 Å². The maximum Gasteiger partial charge on any atom is 0.273 e. The number of aromatic nitrogens is 5. The predicted octanol–water partition coefficient (Wildman–Crippen LogP) is 1.73. The van der Waals surface area contributed by atoms with E-state index in [4.69, 9.17) is 16.2 Å². The van der Waals surface area contributed by atoms with Crippen molar-refractivity contribution in [1.29, 1.82) is 0 Å². The van der Waals surface area contributed by atoms with Gasteiger partial charge in [-0.2, -0.15) is 10.1 Å². The van der Waals surface area contributed by atoms with Crippen LogP contribution in [0.5, 0.6) is 0 Å². The van der Waals surface area contributed by atoms with Gasteiger partial charge in [0.25, 0.3) is 5.91 Å². The first-order valence-electron chi connectivity index (χ1n) is 10.0. The number of nitrogens with two attached hydrogens (primary N) is 2. The highest BCUT2D eigenvalue weighted by Gasteiger charge is 2.18. The molecule has 0 aliphatic carbocycles. The lowest BCUT2D eigenvalue weighted by Crippen LogP contribution is -2.41. The summed E-state index contributed by atoms with van der Waals surface area (Å²) >= 11 is 0. The molecular weight excluding hydrogens is 398 g/mol. The van der Waals surface area contributed by atoms with E-state index in [0.29, 0.717) is 6.61 Å². The number of carbonyl (C=O) groups excluding carboxylic acids is 1. The maximum atomic E-state index is 11.9. The van der Waals surface area contributed by atoms with E-state index in [-0.39, 0.29) is 35.6 Å². The highest BCUT2D eigenvalue weighted by molar-refractivity contribution is 5.96. The van der Waals surface area contributed by atoms with Crippen LogP contribution in [0, 0.1) is 6.92 Å². The molecule has 2 heterocycles. The van der Waals surface area contributed by atoms with E-state index in [1.165, 1.54) is 0 Å². The summed E-state index contributed by atoms with van der Waals surface area (Å²) in [5, 5.41) is 19.7. The van der Waals surface area contributed by atoms with E-state index in [0.717, 1.165) is 22.2 Å². The second-order valence-electron chi connectivity index (χ2n) is 7.81. The second kappa shape index (κ2) is 9.23. The van der Waals surface area contributed by atoms with Crippen LogP contribution in [-0.4, -0.2) is 56.7 Å². The summed E-state index contributed by atoms with van der Waals surface area (Å²) in [7, 11) is 1.58. The van der Waals surface area contributed by atoms with Crippen LogP contribution in [0.3, 0.4) is 0 Å². The van der Waals surface area contributed by atoms with Crippen molar-refractivity contribution >= 4 is 34.3 Å². The Morgan fingerprint density at radius 2 is 2.00 bits per heavy atom. The van der Waals surface area contributed by atoms with Gasteiger partial charge in [-0.25, -0.2) is 0 Å². The van der Waals surface area contributed by atoms with E-state index in [2.05, 4.69) is 44.8 Å². The SMILES string of the molecule is COC[C@H](N)[C@@H](C)Nc1nnc(C(N)=O)c(Nc2cc(C)c3nn(C(C)C)cc3c2)n1. The lowest BCUT2D eigenvalue weighted by Gasteiger charge is -2.20. The van der Waals surface area contributed by atoms with E-state index >= 15 is 0 Å². The standard InChI is InChI=1S/C20H29N9O2/c1-10(2)29-8-13-7-14(6-11(3)16(13)28-29)24-19-17(18(22)30)26-27-20(25-19)23-12(4)15(21)9-31-5/h6-8,10,12,15H,9,21H2,1-5H3,(H2,22,30)(H2,23,24,25,27)/t12-,15+/m1/s1. The molecule has 0 aliphatic heterocycles. The van der Waals surface area contributed by atoms with Gasteiger partial charge in [-0.3, -0.25) is 9.48 Å². The van der Waals surface area contributed by atoms with Crippen molar-refractivity contribution in [2.45, 2.75) is 45.8 Å². The number of methoxy groups -OCH3 is 1. The van der Waals surface area contributed by atoms with Gasteiger partial charge >= 0.3 is 0 Å². The van der Waals surface area contributed by atoms with Gasteiger partial charge in [-0.15, -0.1) is 10.2 Å². The molecular formula is C20H29N9O2. The third-order valence-electron chi connectivity index (χ3n) is 4.89. The Hall–Kier alpha value is -3.31. The molecule has 0 radical (unpaired) electrons. The zero-order chi connectivity index (χ0) is 22.7. The quantitative estimate of drug-likeness (QED) is 0.399. The van der Waals surface area contributed by atoms with Crippen molar-refractivity contribution in [3.8, 4) is 0 Å². The summed E-state index contributed by atoms with van der Waals surface area (Å²) in [5.74, 6) is -0.312. The van der Waals surface area contributed by atoms with Crippen molar-refractivity contribution in [2.24, 2.45) is 11.5 Å². The molecule has 0 unspecified atom stereocenters. The van der Waals surface area contributed by atoms with Gasteiger partial charge in [0.2, 0.25) is 5.95 Å². The fraction of sp³-hybridized carbons (Fsp3) is 0.450. The van der Waals surface area contributed by atoms with Crippen molar-refractivity contribution in [1.82, 2.24) is 25.0 Å². The summed E-state index contributed by atoms with van der Waals surface area (Å²) in [6.45, 7) is 8.37. The third kappa shape index (κ3) is 5.06. The first-order valence-corrected chi connectivity index (χ1v) is 10.0. The molecule has 1 amide bonds. The first-order chi connectivity index (χ1) is 14.7. The van der Waals surface area contributed by atoms with Crippen LogP contribution in [0.2, 0.25) is 0 Å². The van der Waals surface area contributed by atoms with Crippen LogP contribution in [-0.2, 0) is 4.74 Å². The number of nitrogens with zero attached hydrogens (tertiary/aromatic N) is 5. The minimum Gasteiger partial charge on any atom is -0.383 e. The molecule has 2 atom stereocenters. The molecule has 11 nitrogen and oxygen atoms in total. The summed E-state index contributed by atoms with van der Waals surface area (Å²) in [4.78, 5) is 16.3. The van der Waals surface area contributed by atoms with Crippen molar-refractivity contribution in [3.05, 3.63) is 29.6 Å². The van der Waals surface area contributed by atoms with Gasteiger partial charge in [0.05, 0.1) is 12.1 Å². The minimum absolute atomic E-state index is 0.0602. The number of carbonyl (C=O) groups is 1. The molecule has 0 fully saturated rings. The summed E-state index contributed by atoms with van der Waals surface area (Å²) in [5.41, 5.74) is 14.1. The van der Waals surface area contributed by atoms with Crippen molar-refractivity contribution in [2.75, 3.05) is 24.4 Å². The minimum atomic E-state index is -0.733. The first kappa shape index (κ1) is 22.4. The number of ether oxygens (including phenoxy) is 1. The second-order valence-corrected chi connectivity index (χ2v) is 7.81. The normalized spacial score (nSPS) is 13.4. The van der Waals surface area contributed by atoms with Gasteiger partial charge in [-0.1, -0.05) is 0 Å². The predicted molar refractivity (Wildman–Crippen MR) is 119 cm³/mol. The Labute approximate surface area is 180 Å². The number of primary amides is 1. The monoisotopic (exact) mass is 427 g/mol. The number of nitrogens with one attached hydrogen (secondary N) is 2. The number of aryl methyl sites for hydroxylation is 1. The topological polar surface area (TPSA) is 159 Å². The fourth-order valence-electron chi connectivity index (χ4n) is 3.09. The maximum absolute atomic E-state index is 11.9. The molecule has 0 saturated carbocycles. The number of rotatable bonds is 9. The number of anilines is 3. The molecule has 3 rings (SSSR count). The van der Waals surface area contributed by atoms with Gasteiger partial charge < -0.3 is 26.8 Å². The van der Waals surface area contributed by atoms with Crippen LogP contribution in [0.15, 0.2) is 18.3 Å². The molecule has 31 heavy (non-hydrogen) atoms. The molecule has 0 spiro atoms. The smallest absolute Gasteiger partial charge is 0.273 e.